The molecule has 0 aliphatic carbocycles. The van der Waals surface area contributed by atoms with E-state index in [0.717, 1.165) is 67.7 Å². The van der Waals surface area contributed by atoms with Gasteiger partial charge in [0, 0.05) is 38.1 Å². The van der Waals surface area contributed by atoms with Crippen molar-refractivity contribution < 1.29 is 4.74 Å². The smallest absolute Gasteiger partial charge is 0.167 e. The monoisotopic (exact) mass is 487 g/mol. The van der Waals surface area contributed by atoms with E-state index < -0.39 is 0 Å². The molecule has 6 heteroatoms. The van der Waals surface area contributed by atoms with Gasteiger partial charge in [-0.15, -0.1) is 11.3 Å². The normalized spacial score (nSPS) is 16.7. The van der Waals surface area contributed by atoms with E-state index in [1.165, 1.54) is 28.0 Å². The predicted octanol–water partition coefficient (Wildman–Crippen LogP) is 7.67. The molecule has 3 heterocycles. The maximum atomic E-state index is 6.66. The van der Waals surface area contributed by atoms with E-state index in [1.807, 2.05) is 0 Å². The Hall–Kier alpha value is -1.56. The number of piperazine rings is 1. The fourth-order valence-electron chi connectivity index (χ4n) is 5.20. The van der Waals surface area contributed by atoms with Crippen molar-refractivity contribution in [2.45, 2.75) is 66.7 Å². The van der Waals surface area contributed by atoms with Crippen LogP contribution in [-0.2, 0) is 6.42 Å². The van der Waals surface area contributed by atoms with Crippen molar-refractivity contribution in [1.29, 1.82) is 0 Å². The van der Waals surface area contributed by atoms with E-state index in [9.17, 15) is 0 Å². The Morgan fingerprint density at radius 1 is 1.06 bits per heavy atom. The lowest BCUT2D eigenvalue weighted by Crippen LogP contribution is -2.49. The molecule has 0 radical (unpaired) electrons. The van der Waals surface area contributed by atoms with Crippen LogP contribution >= 0.6 is 22.9 Å². The minimum Gasteiger partial charge on any atom is -0.452 e. The van der Waals surface area contributed by atoms with Crippen LogP contribution in [0.5, 0.6) is 11.5 Å². The second-order valence-corrected chi connectivity index (χ2v) is 11.8. The van der Waals surface area contributed by atoms with Crippen molar-refractivity contribution in [2.24, 2.45) is 10.9 Å². The van der Waals surface area contributed by atoms with Crippen LogP contribution in [0, 0.1) is 5.92 Å². The Labute approximate surface area is 208 Å². The third kappa shape index (κ3) is 4.82. The van der Waals surface area contributed by atoms with Crippen molar-refractivity contribution in [2.75, 3.05) is 32.7 Å². The molecule has 4 rings (SSSR count). The molecule has 0 N–H and O–H groups in total. The van der Waals surface area contributed by atoms with Crippen LogP contribution in [0.25, 0.3) is 0 Å². The van der Waals surface area contributed by atoms with Gasteiger partial charge in [0.1, 0.15) is 15.9 Å². The lowest BCUT2D eigenvalue weighted by molar-refractivity contribution is 0.167. The standard InChI is InChI=1S/C27H38ClN3OS/c1-8-19-20(17(4)5)13-22-24(23(19)18(6)7)29-27(21-15-33-26(28)25(21)32-22)31-11-9-30(10-12-31)14-16(2)3/h13,15-18H,8-12,14H2,1-7H3. The van der Waals surface area contributed by atoms with Crippen molar-refractivity contribution in [1.82, 2.24) is 9.80 Å². The van der Waals surface area contributed by atoms with Gasteiger partial charge in [0.05, 0.1) is 5.56 Å². The van der Waals surface area contributed by atoms with Gasteiger partial charge in [-0.2, -0.15) is 0 Å². The highest BCUT2D eigenvalue weighted by Crippen LogP contribution is 2.49. The highest BCUT2D eigenvalue weighted by molar-refractivity contribution is 7.15. The van der Waals surface area contributed by atoms with Crippen LogP contribution in [0.3, 0.4) is 0 Å². The van der Waals surface area contributed by atoms with Gasteiger partial charge in [0.15, 0.2) is 11.5 Å². The average molecular weight is 488 g/mol. The summed E-state index contributed by atoms with van der Waals surface area (Å²) in [6.07, 6.45) is 0.995. The van der Waals surface area contributed by atoms with E-state index in [-0.39, 0.29) is 0 Å². The minimum absolute atomic E-state index is 0.356. The van der Waals surface area contributed by atoms with Crippen LogP contribution in [0.1, 0.15) is 82.6 Å². The van der Waals surface area contributed by atoms with Crippen molar-refractivity contribution in [3.05, 3.63) is 38.0 Å². The molecule has 1 aromatic heterocycles. The Morgan fingerprint density at radius 3 is 2.33 bits per heavy atom. The molecule has 0 bridgehead atoms. The maximum Gasteiger partial charge on any atom is 0.167 e. The number of halogens is 1. The van der Waals surface area contributed by atoms with E-state index in [0.29, 0.717) is 22.1 Å². The Morgan fingerprint density at radius 2 is 1.76 bits per heavy atom. The molecule has 2 aliphatic heterocycles. The summed E-state index contributed by atoms with van der Waals surface area (Å²) in [6.45, 7) is 21.1. The zero-order valence-electron chi connectivity index (χ0n) is 21.2. The number of aliphatic imine (C=N–C) groups is 1. The van der Waals surface area contributed by atoms with Crippen molar-refractivity contribution in [3.63, 3.8) is 0 Å². The number of fused-ring (bicyclic) bond motifs is 2. The number of nitrogens with zero attached hydrogens (tertiary/aromatic N) is 3. The summed E-state index contributed by atoms with van der Waals surface area (Å²) in [6, 6.07) is 2.22. The summed E-state index contributed by atoms with van der Waals surface area (Å²) >= 11 is 8.19. The Bertz CT molecular complexity index is 1030. The molecule has 0 unspecified atom stereocenters. The molecule has 0 amide bonds. The van der Waals surface area contributed by atoms with Gasteiger partial charge in [-0.25, -0.2) is 4.99 Å². The van der Waals surface area contributed by atoms with E-state index in [2.05, 4.69) is 69.7 Å². The van der Waals surface area contributed by atoms with E-state index in [4.69, 9.17) is 21.3 Å². The van der Waals surface area contributed by atoms with Crippen molar-refractivity contribution in [3.8, 4) is 11.5 Å². The predicted molar refractivity (Wildman–Crippen MR) is 142 cm³/mol. The molecular formula is C27H38ClN3OS. The molecule has 0 atom stereocenters. The largest absolute Gasteiger partial charge is 0.452 e. The molecule has 33 heavy (non-hydrogen) atoms. The van der Waals surface area contributed by atoms with Crippen LogP contribution < -0.4 is 4.74 Å². The maximum absolute atomic E-state index is 6.66. The first-order valence-electron chi connectivity index (χ1n) is 12.4. The summed E-state index contributed by atoms with van der Waals surface area (Å²) in [4.78, 5) is 10.4. The van der Waals surface area contributed by atoms with Gasteiger partial charge in [0.2, 0.25) is 0 Å². The van der Waals surface area contributed by atoms with Gasteiger partial charge in [0.25, 0.3) is 0 Å². The molecule has 180 valence electrons. The third-order valence-corrected chi connectivity index (χ3v) is 7.86. The first kappa shape index (κ1) is 24.6. The average Bonchev–Trinajstić information content (AvgIpc) is 3.02. The van der Waals surface area contributed by atoms with Crippen LogP contribution in [0.2, 0.25) is 4.34 Å². The highest BCUT2D eigenvalue weighted by atomic mass is 35.5. The number of benzene rings is 1. The molecule has 0 spiro atoms. The SMILES string of the molecule is CCc1c(C(C)C)cc2c(c1C(C)C)N=C(N1CCN(CC(C)C)CC1)c1csc(Cl)c1O2. The molecule has 1 aromatic carbocycles. The first-order chi connectivity index (χ1) is 15.7. The lowest BCUT2D eigenvalue weighted by Gasteiger charge is -2.37. The molecule has 2 aliphatic rings. The number of thiophene rings is 1. The fraction of sp³-hybridized carbons (Fsp3) is 0.593. The van der Waals surface area contributed by atoms with Gasteiger partial charge < -0.3 is 9.64 Å². The van der Waals surface area contributed by atoms with E-state index in [1.54, 1.807) is 0 Å². The number of hydrogen-bond donors (Lipinski definition) is 0. The zero-order valence-corrected chi connectivity index (χ0v) is 22.7. The minimum atomic E-state index is 0.356. The highest BCUT2D eigenvalue weighted by Gasteiger charge is 2.31. The van der Waals surface area contributed by atoms with E-state index >= 15 is 0 Å². The number of amidine groups is 1. The summed E-state index contributed by atoms with van der Waals surface area (Å²) in [7, 11) is 0. The summed E-state index contributed by atoms with van der Waals surface area (Å²) in [5.41, 5.74) is 6.11. The van der Waals surface area contributed by atoms with Gasteiger partial charge in [-0.05, 0) is 46.9 Å². The van der Waals surface area contributed by atoms with Crippen LogP contribution in [0.15, 0.2) is 16.4 Å². The fourth-order valence-corrected chi connectivity index (χ4v) is 6.17. The Balaban J connectivity index is 1.84. The first-order valence-corrected chi connectivity index (χ1v) is 13.7. The van der Waals surface area contributed by atoms with Gasteiger partial charge in [-0.3, -0.25) is 4.90 Å². The Kier molecular flexibility index (Phi) is 7.42. The summed E-state index contributed by atoms with van der Waals surface area (Å²) < 4.78 is 7.27. The molecule has 1 fully saturated rings. The topological polar surface area (TPSA) is 28.1 Å². The third-order valence-electron chi connectivity index (χ3n) is 6.67. The molecule has 2 aromatic rings. The summed E-state index contributed by atoms with van der Waals surface area (Å²) in [5.74, 6) is 4.08. The quantitative estimate of drug-likeness (QED) is 0.433. The molecule has 1 saturated heterocycles. The van der Waals surface area contributed by atoms with Gasteiger partial charge >= 0.3 is 0 Å². The second kappa shape index (κ2) is 9.97. The molecule has 0 saturated carbocycles. The number of ether oxygens (including phenoxy) is 1. The number of rotatable bonds is 5. The molecular weight excluding hydrogens is 450 g/mol. The van der Waals surface area contributed by atoms with Crippen molar-refractivity contribution >= 4 is 34.5 Å². The second-order valence-electron chi connectivity index (χ2n) is 10.3. The van der Waals surface area contributed by atoms with Gasteiger partial charge in [-0.1, -0.05) is 60.1 Å². The van der Waals surface area contributed by atoms with Crippen LogP contribution in [-0.4, -0.2) is 48.4 Å². The number of hydrogen-bond acceptors (Lipinski definition) is 5. The zero-order chi connectivity index (χ0) is 23.9. The lowest BCUT2D eigenvalue weighted by atomic mass is 9.85. The van der Waals surface area contributed by atoms with Crippen LogP contribution in [0.4, 0.5) is 5.69 Å². The molecule has 4 nitrogen and oxygen atoms in total. The summed E-state index contributed by atoms with van der Waals surface area (Å²) in [5, 5.41) is 2.11.